The molecule has 6 nitrogen and oxygen atoms in total. The van der Waals surface area contributed by atoms with Crippen molar-refractivity contribution in [3.8, 4) is 11.5 Å². The van der Waals surface area contributed by atoms with Gasteiger partial charge >= 0.3 is 5.97 Å². The zero-order valence-electron chi connectivity index (χ0n) is 16.4. The Morgan fingerprint density at radius 3 is 2.07 bits per heavy atom. The number of hydrogen-bond acceptors (Lipinski definition) is 5. The molecule has 0 amide bonds. The first kappa shape index (κ1) is 21.7. The van der Waals surface area contributed by atoms with Crippen molar-refractivity contribution in [1.82, 2.24) is 0 Å². The van der Waals surface area contributed by atoms with Gasteiger partial charge in [-0.15, -0.1) is 0 Å². The van der Waals surface area contributed by atoms with Gasteiger partial charge in [0, 0.05) is 12.1 Å². The maximum absolute atomic E-state index is 12.7. The number of rotatable bonds is 7. The zero-order valence-corrected chi connectivity index (χ0v) is 18.0. The molecule has 0 atom stereocenters. The summed E-state index contributed by atoms with van der Waals surface area (Å²) >= 11 is 5.82. The molecule has 0 N–H and O–H groups in total. The standard InChI is InChI=1S/C22H20ClNO5S/c1-16-3-9-19(10-4-16)28-15-22(25)29-20-11-7-18(8-12-20)24(2)30(26,27)21-13-5-17(23)6-14-21/h3-14H,15H2,1-2H3. The van der Waals surface area contributed by atoms with Crippen LogP contribution in [0, 0.1) is 6.92 Å². The van der Waals surface area contributed by atoms with Gasteiger partial charge in [-0.3, -0.25) is 4.31 Å². The van der Waals surface area contributed by atoms with Crippen molar-refractivity contribution in [3.63, 3.8) is 0 Å². The molecule has 156 valence electrons. The van der Waals surface area contributed by atoms with E-state index in [9.17, 15) is 13.2 Å². The molecule has 0 saturated heterocycles. The van der Waals surface area contributed by atoms with E-state index >= 15 is 0 Å². The highest BCUT2D eigenvalue weighted by Gasteiger charge is 2.21. The van der Waals surface area contributed by atoms with Gasteiger partial charge in [0.2, 0.25) is 0 Å². The highest BCUT2D eigenvalue weighted by molar-refractivity contribution is 7.92. The number of aryl methyl sites for hydroxylation is 1. The Kier molecular flexibility index (Phi) is 6.64. The summed E-state index contributed by atoms with van der Waals surface area (Å²) < 4.78 is 37.2. The first-order valence-electron chi connectivity index (χ1n) is 9.00. The van der Waals surface area contributed by atoms with E-state index in [1.165, 1.54) is 43.4 Å². The molecular formula is C22H20ClNO5S. The first-order valence-corrected chi connectivity index (χ1v) is 10.8. The number of nitrogens with zero attached hydrogens (tertiary/aromatic N) is 1. The van der Waals surface area contributed by atoms with E-state index in [4.69, 9.17) is 21.1 Å². The van der Waals surface area contributed by atoms with Crippen LogP contribution in [0.3, 0.4) is 0 Å². The van der Waals surface area contributed by atoms with Gasteiger partial charge in [0.05, 0.1) is 10.6 Å². The Balaban J connectivity index is 1.61. The molecule has 0 heterocycles. The number of ether oxygens (including phenoxy) is 2. The second-order valence-electron chi connectivity index (χ2n) is 6.50. The van der Waals surface area contributed by atoms with Crippen LogP contribution in [0.15, 0.2) is 77.7 Å². The maximum Gasteiger partial charge on any atom is 0.349 e. The monoisotopic (exact) mass is 445 g/mol. The molecule has 8 heteroatoms. The third-order valence-electron chi connectivity index (χ3n) is 4.28. The van der Waals surface area contributed by atoms with Gasteiger partial charge in [-0.2, -0.15) is 0 Å². The molecule has 0 aliphatic rings. The summed E-state index contributed by atoms with van der Waals surface area (Å²) in [5.74, 6) is 0.293. The molecule has 0 aliphatic heterocycles. The lowest BCUT2D eigenvalue weighted by Crippen LogP contribution is -2.26. The van der Waals surface area contributed by atoms with E-state index in [0.717, 1.165) is 9.87 Å². The lowest BCUT2D eigenvalue weighted by molar-refractivity contribution is -0.136. The van der Waals surface area contributed by atoms with Crippen LogP contribution in [0.2, 0.25) is 5.02 Å². The van der Waals surface area contributed by atoms with E-state index in [0.29, 0.717) is 16.5 Å². The maximum atomic E-state index is 12.7. The van der Waals surface area contributed by atoms with Crippen molar-refractivity contribution >= 4 is 33.3 Å². The van der Waals surface area contributed by atoms with Crippen molar-refractivity contribution < 1.29 is 22.7 Å². The number of halogens is 1. The van der Waals surface area contributed by atoms with Crippen molar-refractivity contribution in [3.05, 3.63) is 83.4 Å². The fourth-order valence-electron chi connectivity index (χ4n) is 2.57. The van der Waals surface area contributed by atoms with Crippen LogP contribution < -0.4 is 13.8 Å². The van der Waals surface area contributed by atoms with Gasteiger partial charge in [0.25, 0.3) is 10.0 Å². The van der Waals surface area contributed by atoms with Crippen LogP contribution >= 0.6 is 11.6 Å². The highest BCUT2D eigenvalue weighted by atomic mass is 35.5. The normalized spacial score (nSPS) is 11.0. The molecule has 0 spiro atoms. The molecule has 0 saturated carbocycles. The minimum Gasteiger partial charge on any atom is -0.482 e. The molecule has 3 aromatic rings. The molecule has 0 aliphatic carbocycles. The summed E-state index contributed by atoms with van der Waals surface area (Å²) in [6.07, 6.45) is 0. The molecule has 0 fully saturated rings. The molecule has 0 aromatic heterocycles. The van der Waals surface area contributed by atoms with Gasteiger partial charge in [-0.1, -0.05) is 29.3 Å². The van der Waals surface area contributed by atoms with Crippen LogP contribution in [0.1, 0.15) is 5.56 Å². The van der Waals surface area contributed by atoms with Crippen molar-refractivity contribution in [2.24, 2.45) is 0 Å². The second kappa shape index (κ2) is 9.19. The number of sulfonamides is 1. The number of carbonyl (C=O) groups is 1. The summed E-state index contributed by atoms with van der Waals surface area (Å²) in [6.45, 7) is 1.72. The Morgan fingerprint density at radius 1 is 0.900 bits per heavy atom. The fourth-order valence-corrected chi connectivity index (χ4v) is 3.89. The average Bonchev–Trinajstić information content (AvgIpc) is 2.74. The number of anilines is 1. The quantitative estimate of drug-likeness (QED) is 0.396. The summed E-state index contributed by atoms with van der Waals surface area (Å²) in [7, 11) is -2.30. The predicted octanol–water partition coefficient (Wildman–Crippen LogP) is 4.46. The van der Waals surface area contributed by atoms with Crippen molar-refractivity contribution in [2.75, 3.05) is 18.0 Å². The largest absolute Gasteiger partial charge is 0.482 e. The number of benzene rings is 3. The smallest absolute Gasteiger partial charge is 0.349 e. The summed E-state index contributed by atoms with van der Waals surface area (Å²) in [5.41, 5.74) is 1.51. The van der Waals surface area contributed by atoms with Crippen LogP contribution in [0.5, 0.6) is 11.5 Å². The van der Waals surface area contributed by atoms with Crippen molar-refractivity contribution in [1.29, 1.82) is 0 Å². The van der Waals surface area contributed by atoms with Crippen LogP contribution in [-0.4, -0.2) is 28.0 Å². The molecule has 0 unspecified atom stereocenters. The Morgan fingerprint density at radius 2 is 1.47 bits per heavy atom. The van der Waals surface area contributed by atoms with E-state index in [-0.39, 0.29) is 17.3 Å². The van der Waals surface area contributed by atoms with Crippen LogP contribution in [0.4, 0.5) is 5.69 Å². The Labute approximate surface area is 180 Å². The fraction of sp³-hybridized carbons (Fsp3) is 0.136. The van der Waals surface area contributed by atoms with Gasteiger partial charge in [0.1, 0.15) is 11.5 Å². The number of carbonyl (C=O) groups excluding carboxylic acids is 1. The molecule has 3 aromatic carbocycles. The van der Waals surface area contributed by atoms with E-state index < -0.39 is 16.0 Å². The van der Waals surface area contributed by atoms with Gasteiger partial charge < -0.3 is 9.47 Å². The van der Waals surface area contributed by atoms with Crippen LogP contribution in [0.25, 0.3) is 0 Å². The van der Waals surface area contributed by atoms with E-state index in [1.54, 1.807) is 24.3 Å². The van der Waals surface area contributed by atoms with Crippen LogP contribution in [-0.2, 0) is 14.8 Å². The number of hydrogen-bond donors (Lipinski definition) is 0. The topological polar surface area (TPSA) is 72.9 Å². The molecule has 0 radical (unpaired) electrons. The molecule has 0 bridgehead atoms. The zero-order chi connectivity index (χ0) is 21.7. The average molecular weight is 446 g/mol. The lowest BCUT2D eigenvalue weighted by Gasteiger charge is -2.19. The minimum absolute atomic E-state index is 0.123. The van der Waals surface area contributed by atoms with Gasteiger partial charge in [0.15, 0.2) is 6.61 Å². The summed E-state index contributed by atoms with van der Waals surface area (Å²) in [4.78, 5) is 12.1. The lowest BCUT2D eigenvalue weighted by atomic mass is 10.2. The second-order valence-corrected chi connectivity index (χ2v) is 8.90. The number of esters is 1. The SMILES string of the molecule is Cc1ccc(OCC(=O)Oc2ccc(N(C)S(=O)(=O)c3ccc(Cl)cc3)cc2)cc1. The third-order valence-corrected chi connectivity index (χ3v) is 6.33. The van der Waals surface area contributed by atoms with E-state index in [1.807, 2.05) is 19.1 Å². The molecule has 30 heavy (non-hydrogen) atoms. The highest BCUT2D eigenvalue weighted by Crippen LogP contribution is 2.25. The van der Waals surface area contributed by atoms with Gasteiger partial charge in [-0.25, -0.2) is 13.2 Å². The van der Waals surface area contributed by atoms with E-state index in [2.05, 4.69) is 0 Å². The minimum atomic E-state index is -3.74. The van der Waals surface area contributed by atoms with Gasteiger partial charge in [-0.05, 0) is 67.6 Å². The Bertz CT molecular complexity index is 1110. The molecule has 3 rings (SSSR count). The van der Waals surface area contributed by atoms with Crippen molar-refractivity contribution in [2.45, 2.75) is 11.8 Å². The first-order chi connectivity index (χ1) is 14.3. The molecular weight excluding hydrogens is 426 g/mol. The summed E-state index contributed by atoms with van der Waals surface area (Å²) in [6, 6.07) is 19.4. The predicted molar refractivity (Wildman–Crippen MR) is 116 cm³/mol. The third kappa shape index (κ3) is 5.31. The summed E-state index contributed by atoms with van der Waals surface area (Å²) in [5, 5.41) is 0.453. The Hall–Kier alpha value is -3.03.